The largest absolute Gasteiger partial charge is 0.342 e. The Morgan fingerprint density at radius 3 is 2.40 bits per heavy atom. The first-order valence-corrected chi connectivity index (χ1v) is 8.71. The molecule has 1 rings (SSSR count). The van der Waals surface area contributed by atoms with Crippen molar-refractivity contribution in [2.24, 2.45) is 11.3 Å². The van der Waals surface area contributed by atoms with Gasteiger partial charge in [-0.3, -0.25) is 9.59 Å². The molecule has 0 saturated carbocycles. The van der Waals surface area contributed by atoms with Gasteiger partial charge in [0.05, 0.1) is 0 Å². The van der Waals surface area contributed by atoms with Gasteiger partial charge in [-0.2, -0.15) is 11.8 Å². The van der Waals surface area contributed by atoms with Crippen molar-refractivity contribution in [2.45, 2.75) is 53.1 Å². The monoisotopic (exact) mass is 300 g/mol. The minimum Gasteiger partial charge on any atom is -0.342 e. The second-order valence-electron chi connectivity index (χ2n) is 6.78. The van der Waals surface area contributed by atoms with Gasteiger partial charge in [-0.15, -0.1) is 0 Å². The minimum atomic E-state index is -0.417. The van der Waals surface area contributed by atoms with Crippen LogP contribution in [0.5, 0.6) is 0 Å². The molecule has 2 amide bonds. The molecule has 20 heavy (non-hydrogen) atoms. The van der Waals surface area contributed by atoms with Crippen LogP contribution in [-0.4, -0.2) is 47.4 Å². The predicted molar refractivity (Wildman–Crippen MR) is 84.7 cm³/mol. The van der Waals surface area contributed by atoms with E-state index in [1.807, 2.05) is 27.7 Å². The summed E-state index contributed by atoms with van der Waals surface area (Å²) in [7, 11) is 0. The van der Waals surface area contributed by atoms with E-state index in [0.29, 0.717) is 18.9 Å². The molecule has 5 heteroatoms. The maximum atomic E-state index is 12.7. The Labute approximate surface area is 127 Å². The van der Waals surface area contributed by atoms with Crippen LogP contribution in [-0.2, 0) is 9.59 Å². The molecule has 1 saturated heterocycles. The first-order chi connectivity index (χ1) is 9.22. The van der Waals surface area contributed by atoms with Crippen molar-refractivity contribution >= 4 is 23.6 Å². The molecule has 3 atom stereocenters. The SMILES string of the molecule is CCC1C(=O)NC(C(C)(C)C)C(=O)N1CC(C)CSC. The van der Waals surface area contributed by atoms with Gasteiger partial charge >= 0.3 is 0 Å². The number of amides is 2. The lowest BCUT2D eigenvalue weighted by molar-refractivity contribution is -0.153. The van der Waals surface area contributed by atoms with E-state index >= 15 is 0 Å². The highest BCUT2D eigenvalue weighted by molar-refractivity contribution is 7.98. The van der Waals surface area contributed by atoms with Crippen LogP contribution in [0.3, 0.4) is 0 Å². The van der Waals surface area contributed by atoms with Crippen molar-refractivity contribution in [1.82, 2.24) is 10.2 Å². The molecule has 0 aliphatic carbocycles. The molecule has 3 unspecified atom stereocenters. The van der Waals surface area contributed by atoms with Gasteiger partial charge < -0.3 is 10.2 Å². The van der Waals surface area contributed by atoms with E-state index in [9.17, 15) is 9.59 Å². The van der Waals surface area contributed by atoms with E-state index < -0.39 is 6.04 Å². The molecule has 0 aromatic heterocycles. The topological polar surface area (TPSA) is 49.4 Å². The molecule has 0 bridgehead atoms. The number of nitrogens with zero attached hydrogens (tertiary/aromatic N) is 1. The van der Waals surface area contributed by atoms with E-state index in [2.05, 4.69) is 18.5 Å². The Bertz CT molecular complexity index is 365. The van der Waals surface area contributed by atoms with Crippen LogP contribution < -0.4 is 5.32 Å². The molecule has 1 fully saturated rings. The second kappa shape index (κ2) is 6.83. The van der Waals surface area contributed by atoms with Crippen molar-refractivity contribution in [2.75, 3.05) is 18.6 Å². The van der Waals surface area contributed by atoms with Crippen LogP contribution in [0.1, 0.15) is 41.0 Å². The second-order valence-corrected chi connectivity index (χ2v) is 7.69. The van der Waals surface area contributed by atoms with Crippen molar-refractivity contribution in [3.63, 3.8) is 0 Å². The molecule has 1 N–H and O–H groups in total. The number of thioether (sulfide) groups is 1. The van der Waals surface area contributed by atoms with Crippen LogP contribution in [0.15, 0.2) is 0 Å². The number of piperazine rings is 1. The molecule has 1 heterocycles. The Morgan fingerprint density at radius 2 is 1.95 bits per heavy atom. The van der Waals surface area contributed by atoms with Gasteiger partial charge in [0.1, 0.15) is 12.1 Å². The minimum absolute atomic E-state index is 0.0108. The van der Waals surface area contributed by atoms with Gasteiger partial charge in [-0.25, -0.2) is 0 Å². The maximum Gasteiger partial charge on any atom is 0.246 e. The molecular weight excluding hydrogens is 272 g/mol. The summed E-state index contributed by atoms with van der Waals surface area (Å²) in [6.07, 6.45) is 2.73. The number of carbonyl (C=O) groups excluding carboxylic acids is 2. The first-order valence-electron chi connectivity index (χ1n) is 7.32. The fourth-order valence-electron chi connectivity index (χ4n) is 2.64. The van der Waals surface area contributed by atoms with E-state index in [0.717, 1.165) is 5.75 Å². The third-order valence-corrected chi connectivity index (χ3v) is 4.61. The zero-order valence-corrected chi connectivity index (χ0v) is 14.3. The Balaban J connectivity index is 2.95. The number of nitrogens with one attached hydrogen (secondary N) is 1. The molecule has 0 radical (unpaired) electrons. The Morgan fingerprint density at radius 1 is 1.35 bits per heavy atom. The number of hydrogen-bond donors (Lipinski definition) is 1. The Hall–Kier alpha value is -0.710. The summed E-state index contributed by atoms with van der Waals surface area (Å²) < 4.78 is 0. The highest BCUT2D eigenvalue weighted by Gasteiger charge is 2.44. The molecule has 4 nitrogen and oxygen atoms in total. The summed E-state index contributed by atoms with van der Waals surface area (Å²) in [6.45, 7) is 10.7. The summed E-state index contributed by atoms with van der Waals surface area (Å²) >= 11 is 1.78. The predicted octanol–water partition coefficient (Wildman–Crippen LogP) is 2.14. The lowest BCUT2D eigenvalue weighted by Gasteiger charge is -2.44. The summed E-state index contributed by atoms with van der Waals surface area (Å²) in [5.41, 5.74) is -0.257. The van der Waals surface area contributed by atoms with E-state index in [1.165, 1.54) is 0 Å². The zero-order valence-electron chi connectivity index (χ0n) is 13.5. The molecule has 0 aromatic rings. The van der Waals surface area contributed by atoms with Crippen LogP contribution in [0.4, 0.5) is 0 Å². The lowest BCUT2D eigenvalue weighted by Crippen LogP contribution is -2.66. The molecule has 0 spiro atoms. The molecule has 1 aliphatic heterocycles. The van der Waals surface area contributed by atoms with Gasteiger partial charge in [-0.05, 0) is 29.8 Å². The third-order valence-electron chi connectivity index (χ3n) is 3.71. The third kappa shape index (κ3) is 3.90. The van der Waals surface area contributed by atoms with Crippen molar-refractivity contribution in [3.8, 4) is 0 Å². The number of hydrogen-bond acceptors (Lipinski definition) is 3. The number of rotatable bonds is 5. The molecule has 1 aliphatic rings. The summed E-state index contributed by atoms with van der Waals surface area (Å²) in [6, 6.07) is -0.732. The van der Waals surface area contributed by atoms with Gasteiger partial charge in [0, 0.05) is 6.54 Å². The van der Waals surface area contributed by atoms with Crippen molar-refractivity contribution in [3.05, 3.63) is 0 Å². The van der Waals surface area contributed by atoms with Crippen molar-refractivity contribution in [1.29, 1.82) is 0 Å². The quantitative estimate of drug-likeness (QED) is 0.846. The van der Waals surface area contributed by atoms with E-state index in [-0.39, 0.29) is 23.3 Å². The normalized spacial score (nSPS) is 25.6. The smallest absolute Gasteiger partial charge is 0.246 e. The average Bonchev–Trinajstić information content (AvgIpc) is 2.32. The standard InChI is InChI=1S/C15H28N2O2S/c1-7-11-13(18)16-12(15(3,4)5)14(19)17(11)8-10(2)9-20-6/h10-12H,7-9H2,1-6H3,(H,16,18). The van der Waals surface area contributed by atoms with Crippen LogP contribution in [0.2, 0.25) is 0 Å². The highest BCUT2D eigenvalue weighted by atomic mass is 32.2. The van der Waals surface area contributed by atoms with Gasteiger partial charge in [0.2, 0.25) is 11.8 Å². The lowest BCUT2D eigenvalue weighted by atomic mass is 9.83. The zero-order chi connectivity index (χ0) is 15.5. The van der Waals surface area contributed by atoms with Crippen LogP contribution in [0, 0.1) is 11.3 Å². The maximum absolute atomic E-state index is 12.7. The van der Waals surface area contributed by atoms with Crippen LogP contribution in [0.25, 0.3) is 0 Å². The molecule has 0 aromatic carbocycles. The average molecular weight is 300 g/mol. The number of carbonyl (C=O) groups is 2. The van der Waals surface area contributed by atoms with Crippen LogP contribution >= 0.6 is 11.8 Å². The summed E-state index contributed by atoms with van der Waals surface area (Å²) in [5, 5.41) is 2.91. The summed E-state index contributed by atoms with van der Waals surface area (Å²) in [5.74, 6) is 1.46. The summed E-state index contributed by atoms with van der Waals surface area (Å²) in [4.78, 5) is 26.8. The Kier molecular flexibility index (Phi) is 5.92. The van der Waals surface area contributed by atoms with Gasteiger partial charge in [0.25, 0.3) is 0 Å². The fourth-order valence-corrected chi connectivity index (χ4v) is 3.32. The molecule has 116 valence electrons. The van der Waals surface area contributed by atoms with Gasteiger partial charge in [0.15, 0.2) is 0 Å². The van der Waals surface area contributed by atoms with E-state index in [1.54, 1.807) is 16.7 Å². The van der Waals surface area contributed by atoms with Gasteiger partial charge in [-0.1, -0.05) is 34.6 Å². The highest BCUT2D eigenvalue weighted by Crippen LogP contribution is 2.26. The van der Waals surface area contributed by atoms with Crippen molar-refractivity contribution < 1.29 is 9.59 Å². The first kappa shape index (κ1) is 17.3. The van der Waals surface area contributed by atoms with E-state index in [4.69, 9.17) is 0 Å². The molecular formula is C15H28N2O2S. The fraction of sp³-hybridized carbons (Fsp3) is 0.867.